The van der Waals surface area contributed by atoms with Crippen LogP contribution in [0.4, 0.5) is 4.79 Å². The zero-order chi connectivity index (χ0) is 18.6. The number of likely N-dealkylation sites (tertiary alicyclic amines) is 1. The molecule has 132 valence electrons. The molecule has 8 nitrogen and oxygen atoms in total. The summed E-state index contributed by atoms with van der Waals surface area (Å²) in [6.07, 6.45) is -0.926. The molecule has 0 aromatic heterocycles. The summed E-state index contributed by atoms with van der Waals surface area (Å²) < 4.78 is 5.23. The van der Waals surface area contributed by atoms with Gasteiger partial charge in [0.05, 0.1) is 11.1 Å². The van der Waals surface area contributed by atoms with Crippen molar-refractivity contribution in [3.8, 4) is 0 Å². The summed E-state index contributed by atoms with van der Waals surface area (Å²) in [5, 5.41) is 9.78. The smallest absolute Gasteiger partial charge is 0.412 e. The Kier molecular flexibility index (Phi) is 3.59. The van der Waals surface area contributed by atoms with E-state index in [-0.39, 0.29) is 24.1 Å². The molecule has 0 radical (unpaired) electrons. The van der Waals surface area contributed by atoms with E-state index in [2.05, 4.69) is 0 Å². The number of imide groups is 1. The number of carboxylic acids is 1. The second kappa shape index (κ2) is 5.30. The Morgan fingerprint density at radius 1 is 1.12 bits per heavy atom. The number of rotatable bonds is 2. The highest BCUT2D eigenvalue weighted by atomic mass is 16.6. The minimum Gasteiger partial charge on any atom is -0.478 e. The van der Waals surface area contributed by atoms with Gasteiger partial charge in [0.15, 0.2) is 0 Å². The van der Waals surface area contributed by atoms with E-state index in [1.165, 1.54) is 12.1 Å². The third-order valence-corrected chi connectivity index (χ3v) is 4.25. The number of nitrogens with zero attached hydrogens (tertiary/aromatic N) is 2. The third kappa shape index (κ3) is 2.36. The number of hydrogen-bond donors (Lipinski definition) is 1. The molecule has 0 spiro atoms. The third-order valence-electron chi connectivity index (χ3n) is 4.25. The Labute approximate surface area is 144 Å². The Bertz CT molecular complexity index is 762. The quantitative estimate of drug-likeness (QED) is 0.818. The SMILES string of the molecule is CC(C)(C)OC(=O)N1CCC1(C(=O)O)N1C(=O)c2ccccc2C1=O. The van der Waals surface area contributed by atoms with Gasteiger partial charge in [0, 0.05) is 13.0 Å². The van der Waals surface area contributed by atoms with E-state index >= 15 is 0 Å². The molecule has 8 heteroatoms. The standard InChI is InChI=1S/C17H18N2O6/c1-16(2,3)25-15(24)18-9-8-17(18,14(22)23)19-12(20)10-6-4-5-7-11(10)13(19)21/h4-7H,8-9H2,1-3H3,(H,22,23). The zero-order valence-electron chi connectivity index (χ0n) is 14.1. The maximum absolute atomic E-state index is 12.7. The van der Waals surface area contributed by atoms with Crippen molar-refractivity contribution in [1.82, 2.24) is 9.80 Å². The molecule has 0 aliphatic carbocycles. The molecule has 1 N–H and O–H groups in total. The lowest BCUT2D eigenvalue weighted by molar-refractivity contribution is -0.174. The summed E-state index contributed by atoms with van der Waals surface area (Å²) in [6, 6.07) is 6.10. The summed E-state index contributed by atoms with van der Waals surface area (Å²) in [6.45, 7) is 5.02. The fourth-order valence-electron chi connectivity index (χ4n) is 3.07. The Hall–Kier alpha value is -2.90. The van der Waals surface area contributed by atoms with Gasteiger partial charge in [-0.15, -0.1) is 0 Å². The number of carbonyl (C=O) groups excluding carboxylic acids is 3. The van der Waals surface area contributed by atoms with Crippen molar-refractivity contribution < 1.29 is 29.0 Å². The summed E-state index contributed by atoms with van der Waals surface area (Å²) in [5.41, 5.74) is -2.64. The van der Waals surface area contributed by atoms with Crippen molar-refractivity contribution in [3.05, 3.63) is 35.4 Å². The molecule has 25 heavy (non-hydrogen) atoms. The molecular weight excluding hydrogens is 328 g/mol. The van der Waals surface area contributed by atoms with Crippen LogP contribution in [0.3, 0.4) is 0 Å². The predicted molar refractivity (Wildman–Crippen MR) is 84.9 cm³/mol. The van der Waals surface area contributed by atoms with Crippen molar-refractivity contribution in [2.24, 2.45) is 0 Å². The molecule has 2 aliphatic heterocycles. The van der Waals surface area contributed by atoms with E-state index in [4.69, 9.17) is 4.74 Å². The van der Waals surface area contributed by atoms with Crippen molar-refractivity contribution in [3.63, 3.8) is 0 Å². The normalized spacial score (nSPS) is 22.5. The zero-order valence-corrected chi connectivity index (χ0v) is 14.1. The number of fused-ring (bicyclic) bond motifs is 1. The molecule has 0 saturated carbocycles. The van der Waals surface area contributed by atoms with Crippen LogP contribution in [-0.2, 0) is 9.53 Å². The topological polar surface area (TPSA) is 104 Å². The highest BCUT2D eigenvalue weighted by molar-refractivity contribution is 6.23. The molecule has 1 atom stereocenters. The molecule has 1 unspecified atom stereocenters. The van der Waals surface area contributed by atoms with E-state index < -0.39 is 35.1 Å². The molecule has 3 rings (SSSR count). The lowest BCUT2D eigenvalue weighted by atomic mass is 9.92. The summed E-state index contributed by atoms with van der Waals surface area (Å²) >= 11 is 0. The van der Waals surface area contributed by atoms with Gasteiger partial charge < -0.3 is 9.84 Å². The first-order chi connectivity index (χ1) is 11.6. The molecule has 2 aliphatic rings. The van der Waals surface area contributed by atoms with E-state index in [9.17, 15) is 24.3 Å². The molecule has 3 amide bonds. The Morgan fingerprint density at radius 2 is 1.64 bits per heavy atom. The van der Waals surface area contributed by atoms with Gasteiger partial charge in [0.2, 0.25) is 5.66 Å². The Balaban J connectivity index is 2.01. The van der Waals surface area contributed by atoms with Crippen LogP contribution in [0.15, 0.2) is 24.3 Å². The Morgan fingerprint density at radius 3 is 2.00 bits per heavy atom. The summed E-state index contributed by atoms with van der Waals surface area (Å²) in [4.78, 5) is 51.3. The van der Waals surface area contributed by atoms with Crippen LogP contribution < -0.4 is 0 Å². The van der Waals surface area contributed by atoms with Crippen LogP contribution in [-0.4, -0.2) is 56.6 Å². The molecule has 2 heterocycles. The average Bonchev–Trinajstić information content (AvgIpc) is 2.70. The van der Waals surface area contributed by atoms with Crippen LogP contribution in [0.1, 0.15) is 47.9 Å². The maximum Gasteiger partial charge on any atom is 0.412 e. The largest absolute Gasteiger partial charge is 0.478 e. The molecule has 1 fully saturated rings. The monoisotopic (exact) mass is 346 g/mol. The van der Waals surface area contributed by atoms with Gasteiger partial charge in [0.25, 0.3) is 11.8 Å². The van der Waals surface area contributed by atoms with Crippen LogP contribution in [0.25, 0.3) is 0 Å². The van der Waals surface area contributed by atoms with E-state index in [0.29, 0.717) is 4.90 Å². The molecule has 1 saturated heterocycles. The van der Waals surface area contributed by atoms with Gasteiger partial charge >= 0.3 is 12.1 Å². The highest BCUT2D eigenvalue weighted by Gasteiger charge is 2.64. The van der Waals surface area contributed by atoms with Crippen molar-refractivity contribution in [2.45, 2.75) is 38.5 Å². The number of benzene rings is 1. The lowest BCUT2D eigenvalue weighted by Crippen LogP contribution is -2.75. The van der Waals surface area contributed by atoms with Crippen molar-refractivity contribution >= 4 is 23.9 Å². The molecule has 1 aromatic rings. The second-order valence-corrected chi connectivity index (χ2v) is 7.00. The number of carboxylic acid groups (broad SMARTS) is 1. The maximum atomic E-state index is 12.7. The van der Waals surface area contributed by atoms with Gasteiger partial charge in [-0.1, -0.05) is 12.1 Å². The van der Waals surface area contributed by atoms with Crippen LogP contribution in [0.5, 0.6) is 0 Å². The average molecular weight is 346 g/mol. The number of ether oxygens (including phenoxy) is 1. The van der Waals surface area contributed by atoms with Gasteiger partial charge in [-0.05, 0) is 32.9 Å². The number of carbonyl (C=O) groups is 4. The first-order valence-electron chi connectivity index (χ1n) is 7.81. The van der Waals surface area contributed by atoms with Crippen molar-refractivity contribution in [2.75, 3.05) is 6.54 Å². The van der Waals surface area contributed by atoms with Gasteiger partial charge in [-0.2, -0.15) is 0 Å². The fraction of sp³-hybridized carbons (Fsp3) is 0.412. The molecular formula is C17H18N2O6. The number of amides is 3. The van der Waals surface area contributed by atoms with Crippen LogP contribution in [0, 0.1) is 0 Å². The predicted octanol–water partition coefficient (Wildman–Crippen LogP) is 1.70. The van der Waals surface area contributed by atoms with Gasteiger partial charge in [-0.25, -0.2) is 14.5 Å². The summed E-state index contributed by atoms with van der Waals surface area (Å²) in [5.74, 6) is -2.90. The van der Waals surface area contributed by atoms with E-state index in [1.807, 2.05) is 0 Å². The first-order valence-corrected chi connectivity index (χ1v) is 7.81. The fourth-order valence-corrected chi connectivity index (χ4v) is 3.07. The number of aliphatic carboxylic acids is 1. The minimum atomic E-state index is -2.06. The minimum absolute atomic E-state index is 0.0486. The molecule has 1 aromatic carbocycles. The van der Waals surface area contributed by atoms with Gasteiger partial charge in [-0.3, -0.25) is 14.5 Å². The van der Waals surface area contributed by atoms with Gasteiger partial charge in [0.1, 0.15) is 5.60 Å². The van der Waals surface area contributed by atoms with Crippen molar-refractivity contribution in [1.29, 1.82) is 0 Å². The summed E-state index contributed by atoms with van der Waals surface area (Å²) in [7, 11) is 0. The van der Waals surface area contributed by atoms with E-state index in [1.54, 1.807) is 32.9 Å². The first kappa shape index (κ1) is 16.9. The lowest BCUT2D eigenvalue weighted by Gasteiger charge is -2.52. The number of hydrogen-bond acceptors (Lipinski definition) is 5. The van der Waals surface area contributed by atoms with E-state index in [0.717, 1.165) is 4.90 Å². The second-order valence-electron chi connectivity index (χ2n) is 7.00. The van der Waals surface area contributed by atoms with Crippen LogP contribution >= 0.6 is 0 Å². The highest BCUT2D eigenvalue weighted by Crippen LogP contribution is 2.40. The molecule has 0 bridgehead atoms. The van der Waals surface area contributed by atoms with Crippen LogP contribution in [0.2, 0.25) is 0 Å².